The Hall–Kier alpha value is -1.42. The molecule has 0 amide bonds. The van der Waals surface area contributed by atoms with Gasteiger partial charge in [0.25, 0.3) is 5.69 Å². The minimum absolute atomic E-state index is 0. The van der Waals surface area contributed by atoms with Gasteiger partial charge < -0.3 is 15.5 Å². The molecule has 1 rings (SSSR count). The van der Waals surface area contributed by atoms with Crippen molar-refractivity contribution in [3.05, 3.63) is 39.9 Å². The topological polar surface area (TPSA) is 82.8 Å². The first-order valence-electron chi connectivity index (χ1n) is 8.93. The zero-order valence-corrected chi connectivity index (χ0v) is 18.5. The maximum atomic E-state index is 10.7. The van der Waals surface area contributed by atoms with E-state index >= 15 is 0 Å². The number of aliphatic imine (C=N–C) groups is 1. The van der Waals surface area contributed by atoms with Crippen LogP contribution in [0.1, 0.15) is 39.2 Å². The SMILES string of the molecule is CCN(CC)CCCC(C)NC(=NC)NCc1ccc([N+](=O)[O-])cc1.I. The Kier molecular flexibility index (Phi) is 13.0. The molecule has 148 valence electrons. The molecule has 0 aliphatic heterocycles. The van der Waals surface area contributed by atoms with Crippen molar-refractivity contribution in [2.75, 3.05) is 26.7 Å². The molecule has 1 aromatic carbocycles. The number of hydrogen-bond acceptors (Lipinski definition) is 4. The standard InChI is InChI=1S/C18H31N5O2.HI/c1-5-22(6-2)13-7-8-15(3)21-18(19-4)20-14-16-9-11-17(12-10-16)23(24)25;/h9-12,15H,5-8,13-14H2,1-4H3,(H2,19,20,21);1H. The summed E-state index contributed by atoms with van der Waals surface area (Å²) in [6.07, 6.45) is 2.23. The van der Waals surface area contributed by atoms with Crippen molar-refractivity contribution in [3.63, 3.8) is 0 Å². The van der Waals surface area contributed by atoms with Crippen LogP contribution in [0.15, 0.2) is 29.3 Å². The van der Waals surface area contributed by atoms with E-state index in [1.54, 1.807) is 19.2 Å². The van der Waals surface area contributed by atoms with E-state index in [4.69, 9.17) is 0 Å². The predicted octanol–water partition coefficient (Wildman–Crippen LogP) is 3.39. The Labute approximate surface area is 173 Å². The van der Waals surface area contributed by atoms with Gasteiger partial charge in [-0.05, 0) is 45.0 Å². The molecule has 0 spiro atoms. The van der Waals surface area contributed by atoms with E-state index < -0.39 is 4.92 Å². The maximum absolute atomic E-state index is 10.7. The van der Waals surface area contributed by atoms with Gasteiger partial charge in [0.15, 0.2) is 5.96 Å². The first-order chi connectivity index (χ1) is 12.0. The van der Waals surface area contributed by atoms with Crippen LogP contribution in [0.5, 0.6) is 0 Å². The summed E-state index contributed by atoms with van der Waals surface area (Å²) >= 11 is 0. The molecular formula is C18H32IN5O2. The van der Waals surface area contributed by atoms with Gasteiger partial charge in [-0.2, -0.15) is 0 Å². The fourth-order valence-electron chi connectivity index (χ4n) is 2.58. The van der Waals surface area contributed by atoms with Gasteiger partial charge in [0.05, 0.1) is 4.92 Å². The zero-order valence-electron chi connectivity index (χ0n) is 16.2. The summed E-state index contributed by atoms with van der Waals surface area (Å²) in [5.41, 5.74) is 1.08. The highest BCUT2D eigenvalue weighted by Crippen LogP contribution is 2.11. The Morgan fingerprint density at radius 3 is 2.38 bits per heavy atom. The second kappa shape index (κ2) is 13.7. The van der Waals surface area contributed by atoms with Crippen LogP contribution in [0.25, 0.3) is 0 Å². The number of non-ortho nitro benzene ring substituents is 1. The van der Waals surface area contributed by atoms with E-state index in [0.29, 0.717) is 12.6 Å². The van der Waals surface area contributed by atoms with E-state index in [-0.39, 0.29) is 29.7 Å². The Morgan fingerprint density at radius 1 is 1.27 bits per heavy atom. The number of nitrogens with one attached hydrogen (secondary N) is 2. The highest BCUT2D eigenvalue weighted by atomic mass is 127. The molecule has 0 aliphatic rings. The molecule has 0 aliphatic carbocycles. The number of nitrogens with zero attached hydrogens (tertiary/aromatic N) is 3. The number of hydrogen-bond donors (Lipinski definition) is 2. The summed E-state index contributed by atoms with van der Waals surface area (Å²) in [5.74, 6) is 0.744. The number of benzene rings is 1. The van der Waals surface area contributed by atoms with Crippen LogP contribution in [0.4, 0.5) is 5.69 Å². The summed E-state index contributed by atoms with van der Waals surface area (Å²) in [4.78, 5) is 16.9. The average Bonchev–Trinajstić information content (AvgIpc) is 2.62. The van der Waals surface area contributed by atoms with E-state index in [2.05, 4.69) is 41.3 Å². The molecule has 0 radical (unpaired) electrons. The van der Waals surface area contributed by atoms with Crippen LogP contribution >= 0.6 is 24.0 Å². The Bertz CT molecular complexity index is 547. The van der Waals surface area contributed by atoms with Gasteiger partial charge >= 0.3 is 0 Å². The van der Waals surface area contributed by atoms with E-state index in [1.807, 2.05) is 0 Å². The lowest BCUT2D eigenvalue weighted by Crippen LogP contribution is -2.42. The summed E-state index contributed by atoms with van der Waals surface area (Å²) in [7, 11) is 1.74. The summed E-state index contributed by atoms with van der Waals surface area (Å²) in [5, 5.41) is 17.3. The molecule has 26 heavy (non-hydrogen) atoms. The largest absolute Gasteiger partial charge is 0.354 e. The van der Waals surface area contributed by atoms with Crippen LogP contribution in [0.2, 0.25) is 0 Å². The first-order valence-corrected chi connectivity index (χ1v) is 8.93. The molecule has 2 N–H and O–H groups in total. The smallest absolute Gasteiger partial charge is 0.269 e. The van der Waals surface area contributed by atoms with Crippen molar-refractivity contribution in [3.8, 4) is 0 Å². The van der Waals surface area contributed by atoms with Gasteiger partial charge in [-0.15, -0.1) is 24.0 Å². The fourth-order valence-corrected chi connectivity index (χ4v) is 2.58. The van der Waals surface area contributed by atoms with Gasteiger partial charge in [0, 0.05) is 31.8 Å². The third kappa shape index (κ3) is 9.33. The molecule has 0 bridgehead atoms. The second-order valence-electron chi connectivity index (χ2n) is 6.06. The lowest BCUT2D eigenvalue weighted by molar-refractivity contribution is -0.384. The number of nitro benzene ring substituents is 1. The minimum atomic E-state index is -0.391. The Morgan fingerprint density at radius 2 is 1.88 bits per heavy atom. The van der Waals surface area contributed by atoms with Crippen LogP contribution in [0, 0.1) is 10.1 Å². The second-order valence-corrected chi connectivity index (χ2v) is 6.06. The molecule has 7 nitrogen and oxygen atoms in total. The van der Waals surface area contributed by atoms with Crippen LogP contribution < -0.4 is 10.6 Å². The van der Waals surface area contributed by atoms with Gasteiger partial charge in [-0.25, -0.2) is 0 Å². The lowest BCUT2D eigenvalue weighted by atomic mass is 10.1. The van der Waals surface area contributed by atoms with Gasteiger partial charge in [-0.3, -0.25) is 15.1 Å². The predicted molar refractivity (Wildman–Crippen MR) is 118 cm³/mol. The highest BCUT2D eigenvalue weighted by Gasteiger charge is 2.08. The summed E-state index contributed by atoms with van der Waals surface area (Å²) in [6.45, 7) is 10.4. The molecule has 0 saturated heterocycles. The molecule has 0 aromatic heterocycles. The quantitative estimate of drug-likeness (QED) is 0.178. The number of halogens is 1. The summed E-state index contributed by atoms with van der Waals surface area (Å²) < 4.78 is 0. The van der Waals surface area contributed by atoms with E-state index in [9.17, 15) is 10.1 Å². The Balaban J connectivity index is 0.00000625. The van der Waals surface area contributed by atoms with Gasteiger partial charge in [-0.1, -0.05) is 26.0 Å². The zero-order chi connectivity index (χ0) is 18.7. The maximum Gasteiger partial charge on any atom is 0.269 e. The van der Waals surface area contributed by atoms with Crippen LogP contribution in [0.3, 0.4) is 0 Å². The molecule has 0 heterocycles. The first kappa shape index (κ1) is 24.6. The monoisotopic (exact) mass is 477 g/mol. The molecular weight excluding hydrogens is 445 g/mol. The molecule has 1 unspecified atom stereocenters. The molecule has 8 heteroatoms. The number of rotatable bonds is 10. The number of guanidine groups is 1. The molecule has 0 fully saturated rings. The van der Waals surface area contributed by atoms with Crippen molar-refractivity contribution >= 4 is 35.6 Å². The van der Waals surface area contributed by atoms with Crippen molar-refractivity contribution in [2.45, 2.75) is 46.2 Å². The fraction of sp³-hybridized carbons (Fsp3) is 0.611. The molecule has 1 aromatic rings. The van der Waals surface area contributed by atoms with E-state index in [0.717, 1.165) is 44.0 Å². The summed E-state index contributed by atoms with van der Waals surface area (Å²) in [6, 6.07) is 6.88. The molecule has 0 saturated carbocycles. The van der Waals surface area contributed by atoms with Crippen molar-refractivity contribution < 1.29 is 4.92 Å². The normalized spacial score (nSPS) is 12.4. The van der Waals surface area contributed by atoms with Crippen molar-refractivity contribution in [1.29, 1.82) is 0 Å². The molecule has 1 atom stereocenters. The average molecular weight is 477 g/mol. The third-order valence-corrected chi connectivity index (χ3v) is 4.22. The third-order valence-electron chi connectivity index (χ3n) is 4.22. The van der Waals surface area contributed by atoms with E-state index in [1.165, 1.54) is 12.1 Å². The van der Waals surface area contributed by atoms with Crippen molar-refractivity contribution in [1.82, 2.24) is 15.5 Å². The van der Waals surface area contributed by atoms with Crippen LogP contribution in [-0.2, 0) is 6.54 Å². The van der Waals surface area contributed by atoms with Crippen LogP contribution in [-0.4, -0.2) is 48.5 Å². The van der Waals surface area contributed by atoms with Gasteiger partial charge in [0.2, 0.25) is 0 Å². The highest BCUT2D eigenvalue weighted by molar-refractivity contribution is 14.0. The number of nitro groups is 1. The van der Waals surface area contributed by atoms with Crippen molar-refractivity contribution in [2.24, 2.45) is 4.99 Å². The van der Waals surface area contributed by atoms with Gasteiger partial charge in [0.1, 0.15) is 0 Å². The lowest BCUT2D eigenvalue weighted by Gasteiger charge is -2.21. The minimum Gasteiger partial charge on any atom is -0.354 e.